The van der Waals surface area contributed by atoms with Crippen molar-refractivity contribution in [3.8, 4) is 11.5 Å². The quantitative estimate of drug-likeness (QED) is 0.764. The van der Waals surface area contributed by atoms with Gasteiger partial charge in [0, 0.05) is 24.8 Å². The molecule has 2 aliphatic heterocycles. The van der Waals surface area contributed by atoms with Crippen LogP contribution >= 0.6 is 11.9 Å². The van der Waals surface area contributed by atoms with Crippen molar-refractivity contribution in [1.29, 1.82) is 0 Å². The molecule has 4 rings (SSSR count). The fourth-order valence-corrected chi connectivity index (χ4v) is 4.04. The van der Waals surface area contributed by atoms with Gasteiger partial charge in [-0.1, -0.05) is 30.3 Å². The van der Waals surface area contributed by atoms with Crippen molar-refractivity contribution >= 4 is 17.8 Å². The van der Waals surface area contributed by atoms with E-state index in [4.69, 9.17) is 9.13 Å². The number of amidine groups is 1. The lowest BCUT2D eigenvalue weighted by Crippen LogP contribution is -2.42. The number of rotatable bonds is 3. The fraction of sp³-hybridized carbons (Fsp3) is 0.316. The Morgan fingerprint density at radius 2 is 1.74 bits per heavy atom. The van der Waals surface area contributed by atoms with Gasteiger partial charge in [-0.05, 0) is 54.6 Å². The van der Waals surface area contributed by atoms with Gasteiger partial charge in [0.25, 0.3) is 0 Å². The summed E-state index contributed by atoms with van der Waals surface area (Å²) >= 11 is 1.71. The van der Waals surface area contributed by atoms with Gasteiger partial charge in [-0.3, -0.25) is 0 Å². The van der Waals surface area contributed by atoms with E-state index in [1.54, 1.807) is 11.9 Å². The Morgan fingerprint density at radius 3 is 2.57 bits per heavy atom. The zero-order chi connectivity index (χ0) is 15.5. The highest BCUT2D eigenvalue weighted by Crippen LogP contribution is 2.33. The molecular weight excluding hydrogens is 304 g/mol. The molecule has 0 spiro atoms. The smallest absolute Gasteiger partial charge is 0.127 e. The molecule has 0 amide bonds. The van der Waals surface area contributed by atoms with Gasteiger partial charge in [-0.2, -0.15) is 0 Å². The Hall–Kier alpha value is -1.94. The molecule has 1 unspecified atom stereocenters. The number of nitrogens with zero attached hydrogens (tertiary/aromatic N) is 2. The van der Waals surface area contributed by atoms with Gasteiger partial charge in [0.1, 0.15) is 17.3 Å². The number of benzene rings is 2. The largest absolute Gasteiger partial charge is 0.457 e. The molecule has 0 aromatic heterocycles. The normalized spacial score (nSPS) is 20.6. The van der Waals surface area contributed by atoms with Crippen LogP contribution in [0, 0.1) is 0 Å². The van der Waals surface area contributed by atoms with Crippen molar-refractivity contribution in [3.05, 3.63) is 60.2 Å². The molecule has 1 fully saturated rings. The highest BCUT2D eigenvalue weighted by atomic mass is 32.2. The molecule has 3 nitrogen and oxygen atoms in total. The molecule has 2 aromatic rings. The molecule has 2 heterocycles. The molecule has 118 valence electrons. The number of piperidine rings is 1. The monoisotopic (exact) mass is 324 g/mol. The van der Waals surface area contributed by atoms with Crippen LogP contribution in [-0.2, 0) is 0 Å². The predicted octanol–water partition coefficient (Wildman–Crippen LogP) is 4.72. The minimum atomic E-state index is 0.433. The second-order valence-corrected chi connectivity index (χ2v) is 6.80. The van der Waals surface area contributed by atoms with Crippen LogP contribution in [0.2, 0.25) is 0 Å². The summed E-state index contributed by atoms with van der Waals surface area (Å²) in [5.41, 5.74) is 1.34. The molecule has 1 saturated heterocycles. The van der Waals surface area contributed by atoms with Gasteiger partial charge in [0.15, 0.2) is 0 Å². The van der Waals surface area contributed by atoms with Crippen LogP contribution in [-0.4, -0.2) is 29.6 Å². The summed E-state index contributed by atoms with van der Waals surface area (Å²) in [5.74, 6) is 4.57. The number of ether oxygens (including phenoxy) is 1. The van der Waals surface area contributed by atoms with Gasteiger partial charge in [0.05, 0.1) is 0 Å². The first-order valence-electron chi connectivity index (χ1n) is 8.18. The van der Waals surface area contributed by atoms with Crippen LogP contribution in [0.5, 0.6) is 11.5 Å². The van der Waals surface area contributed by atoms with E-state index >= 15 is 0 Å². The topological polar surface area (TPSA) is 24.8 Å². The van der Waals surface area contributed by atoms with Crippen LogP contribution in [0.15, 0.2) is 59.0 Å². The van der Waals surface area contributed by atoms with E-state index in [2.05, 4.69) is 29.2 Å². The molecule has 0 bridgehead atoms. The minimum Gasteiger partial charge on any atom is -0.457 e. The maximum absolute atomic E-state index is 5.88. The van der Waals surface area contributed by atoms with E-state index in [1.807, 2.05) is 30.3 Å². The molecule has 2 aliphatic rings. The summed E-state index contributed by atoms with van der Waals surface area (Å²) in [6.45, 7) is 2.29. The molecule has 4 heteroatoms. The zero-order valence-electron chi connectivity index (χ0n) is 13.0. The third kappa shape index (κ3) is 3.22. The van der Waals surface area contributed by atoms with Crippen LogP contribution in [0.1, 0.15) is 24.3 Å². The highest BCUT2D eigenvalue weighted by Gasteiger charge is 2.29. The average Bonchev–Trinajstić information content (AvgIpc) is 2.63. The number of hydrogen-bond donors (Lipinski definition) is 0. The van der Waals surface area contributed by atoms with Crippen molar-refractivity contribution in [1.82, 2.24) is 4.90 Å². The van der Waals surface area contributed by atoms with Crippen molar-refractivity contribution < 1.29 is 4.74 Å². The summed E-state index contributed by atoms with van der Waals surface area (Å²) < 4.78 is 10.6. The van der Waals surface area contributed by atoms with Crippen molar-refractivity contribution in [2.75, 3.05) is 18.8 Å². The van der Waals surface area contributed by atoms with Gasteiger partial charge in [0.2, 0.25) is 0 Å². The number of fused-ring (bicyclic) bond motifs is 1. The standard InChI is InChI=1S/C19H20N2OS/c1-2-5-16(6-3-1)22-17-10-8-15(9-11-17)18-7-4-12-21-13-14-23-20-19(18)21/h1-3,5-6,8-11,18H,4,7,12-14H2. The average molecular weight is 324 g/mol. The number of para-hydroxylation sites is 1. The van der Waals surface area contributed by atoms with Gasteiger partial charge in [-0.15, -0.1) is 0 Å². The maximum atomic E-state index is 5.88. The third-order valence-electron chi connectivity index (χ3n) is 4.43. The van der Waals surface area contributed by atoms with Crippen LogP contribution < -0.4 is 4.74 Å². The van der Waals surface area contributed by atoms with E-state index in [0.717, 1.165) is 30.3 Å². The molecule has 0 saturated carbocycles. The lowest BCUT2D eigenvalue weighted by atomic mass is 9.89. The SMILES string of the molecule is c1ccc(Oc2ccc(C3CCCN4CCSN=C34)cc2)cc1. The fourth-order valence-electron chi connectivity index (χ4n) is 3.27. The third-order valence-corrected chi connectivity index (χ3v) is 5.11. The minimum absolute atomic E-state index is 0.433. The summed E-state index contributed by atoms with van der Waals surface area (Å²) in [6.07, 6.45) is 2.44. The van der Waals surface area contributed by atoms with Crippen LogP contribution in [0.3, 0.4) is 0 Å². The van der Waals surface area contributed by atoms with Crippen molar-refractivity contribution in [2.24, 2.45) is 4.40 Å². The molecule has 2 aromatic carbocycles. The lowest BCUT2D eigenvalue weighted by Gasteiger charge is -2.37. The molecule has 0 aliphatic carbocycles. The van der Waals surface area contributed by atoms with Crippen molar-refractivity contribution in [2.45, 2.75) is 18.8 Å². The number of hydrogen-bond acceptors (Lipinski definition) is 4. The lowest BCUT2D eigenvalue weighted by molar-refractivity contribution is 0.371. The molecule has 23 heavy (non-hydrogen) atoms. The van der Waals surface area contributed by atoms with Crippen LogP contribution in [0.25, 0.3) is 0 Å². The second kappa shape index (κ2) is 6.67. The first-order valence-corrected chi connectivity index (χ1v) is 9.12. The first kappa shape index (κ1) is 14.6. The second-order valence-electron chi connectivity index (χ2n) is 5.95. The molecular formula is C19H20N2OS. The Morgan fingerprint density at radius 1 is 0.957 bits per heavy atom. The van der Waals surface area contributed by atoms with Gasteiger partial charge in [-0.25, -0.2) is 4.40 Å². The highest BCUT2D eigenvalue weighted by molar-refractivity contribution is 7.98. The van der Waals surface area contributed by atoms with Crippen LogP contribution in [0.4, 0.5) is 0 Å². The Balaban J connectivity index is 1.52. The predicted molar refractivity (Wildman–Crippen MR) is 96.4 cm³/mol. The van der Waals surface area contributed by atoms with Gasteiger partial charge < -0.3 is 9.64 Å². The van der Waals surface area contributed by atoms with E-state index in [1.165, 1.54) is 24.2 Å². The summed E-state index contributed by atoms with van der Waals surface area (Å²) in [6, 6.07) is 18.4. The summed E-state index contributed by atoms with van der Waals surface area (Å²) in [7, 11) is 0. The Kier molecular flexibility index (Phi) is 4.24. The van der Waals surface area contributed by atoms with E-state index < -0.39 is 0 Å². The summed E-state index contributed by atoms with van der Waals surface area (Å²) in [5, 5.41) is 0. The molecule has 0 radical (unpaired) electrons. The molecule has 1 atom stereocenters. The van der Waals surface area contributed by atoms with E-state index in [-0.39, 0.29) is 0 Å². The Bertz CT molecular complexity index is 684. The Labute approximate surface area is 141 Å². The van der Waals surface area contributed by atoms with Gasteiger partial charge >= 0.3 is 0 Å². The summed E-state index contributed by atoms with van der Waals surface area (Å²) in [4.78, 5) is 2.46. The van der Waals surface area contributed by atoms with E-state index in [0.29, 0.717) is 5.92 Å². The zero-order valence-corrected chi connectivity index (χ0v) is 13.8. The maximum Gasteiger partial charge on any atom is 0.127 e. The van der Waals surface area contributed by atoms with E-state index in [9.17, 15) is 0 Å². The first-order chi connectivity index (χ1) is 11.4. The molecule has 0 N–H and O–H groups in total. The van der Waals surface area contributed by atoms with Crippen molar-refractivity contribution in [3.63, 3.8) is 0 Å².